The quantitative estimate of drug-likeness (QED) is 0.272. The number of amides is 2. The van der Waals surface area contributed by atoms with Crippen LogP contribution in [-0.2, 0) is 20.9 Å². The van der Waals surface area contributed by atoms with Gasteiger partial charge in [-0.25, -0.2) is 4.79 Å². The smallest absolute Gasteiger partial charge is 0.338 e. The van der Waals surface area contributed by atoms with E-state index < -0.39 is 17.8 Å². The number of carbonyl (C=O) groups excluding carboxylic acids is 3. The minimum Gasteiger partial charge on any atom is -0.462 e. The number of carbonyl (C=O) groups is 3. The monoisotopic (exact) mass is 480 g/mol. The molecule has 0 aliphatic carbocycles. The van der Waals surface area contributed by atoms with Crippen LogP contribution in [0, 0.1) is 18.3 Å². The predicted octanol–water partition coefficient (Wildman–Crippen LogP) is 5.22. The topological polar surface area (TPSA) is 101 Å². The molecule has 4 rings (SSSR count). The zero-order valence-corrected chi connectivity index (χ0v) is 20.2. The molecule has 7 heteroatoms. The van der Waals surface area contributed by atoms with Gasteiger partial charge in [0.25, 0.3) is 11.8 Å². The van der Waals surface area contributed by atoms with Gasteiger partial charge in [-0.2, -0.15) is 5.26 Å². The summed E-state index contributed by atoms with van der Waals surface area (Å²) in [6, 6.07) is 19.7. The highest BCUT2D eigenvalue weighted by atomic mass is 16.5. The van der Waals surface area contributed by atoms with Gasteiger partial charge in [0.2, 0.25) is 0 Å². The van der Waals surface area contributed by atoms with Crippen LogP contribution >= 0.6 is 0 Å². The van der Waals surface area contributed by atoms with E-state index in [0.717, 1.165) is 21.6 Å². The number of nitrogens with zero attached hydrogens (tertiary/aromatic N) is 2. The Kier molecular flexibility index (Phi) is 6.98. The third-order valence-corrected chi connectivity index (χ3v) is 5.88. The zero-order chi connectivity index (χ0) is 25.8. The maximum absolute atomic E-state index is 13.3. The molecule has 2 amide bonds. The summed E-state index contributed by atoms with van der Waals surface area (Å²) in [6.07, 6.45) is 1.54. The zero-order valence-electron chi connectivity index (χ0n) is 20.2. The van der Waals surface area contributed by atoms with Crippen molar-refractivity contribution in [2.45, 2.75) is 27.3 Å². The van der Waals surface area contributed by atoms with Crippen molar-refractivity contribution >= 4 is 23.9 Å². The van der Waals surface area contributed by atoms with Crippen LogP contribution in [0.1, 0.15) is 41.1 Å². The van der Waals surface area contributed by atoms with Crippen molar-refractivity contribution in [1.82, 2.24) is 4.90 Å². The van der Waals surface area contributed by atoms with Crippen LogP contribution in [0.5, 0.6) is 0 Å². The van der Waals surface area contributed by atoms with E-state index in [9.17, 15) is 19.6 Å². The van der Waals surface area contributed by atoms with Gasteiger partial charge in [0.05, 0.1) is 18.7 Å². The molecule has 2 aromatic carbocycles. The molecule has 1 aromatic heterocycles. The van der Waals surface area contributed by atoms with Gasteiger partial charge in [0.15, 0.2) is 0 Å². The molecule has 0 unspecified atom stereocenters. The van der Waals surface area contributed by atoms with Crippen LogP contribution in [0.3, 0.4) is 0 Å². The largest absolute Gasteiger partial charge is 0.462 e. The minimum absolute atomic E-state index is 0.0595. The van der Waals surface area contributed by atoms with Crippen LogP contribution in [0.15, 0.2) is 81.8 Å². The molecule has 0 saturated carbocycles. The lowest BCUT2D eigenvalue weighted by Gasteiger charge is -2.27. The Hall–Kier alpha value is -4.70. The fourth-order valence-electron chi connectivity index (χ4n) is 3.86. The van der Waals surface area contributed by atoms with E-state index in [1.807, 2.05) is 37.3 Å². The number of nitriles is 1. The molecule has 180 valence electrons. The van der Waals surface area contributed by atoms with Crippen LogP contribution in [0.25, 0.3) is 17.4 Å². The first-order valence-corrected chi connectivity index (χ1v) is 11.4. The Morgan fingerprint density at radius 2 is 1.69 bits per heavy atom. The van der Waals surface area contributed by atoms with Gasteiger partial charge < -0.3 is 9.15 Å². The van der Waals surface area contributed by atoms with E-state index in [-0.39, 0.29) is 17.7 Å². The summed E-state index contributed by atoms with van der Waals surface area (Å²) < 4.78 is 10.9. The van der Waals surface area contributed by atoms with E-state index in [1.54, 1.807) is 56.3 Å². The molecule has 0 atom stereocenters. The molecule has 2 heterocycles. The highest BCUT2D eigenvalue weighted by Gasteiger charge is 2.35. The van der Waals surface area contributed by atoms with E-state index in [0.29, 0.717) is 29.3 Å². The number of benzene rings is 2. The van der Waals surface area contributed by atoms with Gasteiger partial charge in [-0.05, 0) is 62.2 Å². The van der Waals surface area contributed by atoms with E-state index in [1.165, 1.54) is 0 Å². The van der Waals surface area contributed by atoms with Crippen molar-refractivity contribution < 1.29 is 23.5 Å². The molecule has 0 N–H and O–H groups in total. The molecule has 0 bridgehead atoms. The molecule has 1 aliphatic heterocycles. The first-order valence-electron chi connectivity index (χ1n) is 11.4. The summed E-state index contributed by atoms with van der Waals surface area (Å²) >= 11 is 0. The van der Waals surface area contributed by atoms with Gasteiger partial charge >= 0.3 is 5.97 Å². The highest BCUT2D eigenvalue weighted by molar-refractivity contribution is 6.19. The van der Waals surface area contributed by atoms with Crippen molar-refractivity contribution in [3.8, 4) is 17.4 Å². The van der Waals surface area contributed by atoms with Gasteiger partial charge in [0.1, 0.15) is 23.2 Å². The molecular weight excluding hydrogens is 456 g/mol. The lowest BCUT2D eigenvalue weighted by atomic mass is 9.94. The summed E-state index contributed by atoms with van der Waals surface area (Å²) in [5, 5.41) is 9.62. The molecule has 0 fully saturated rings. The Bertz CT molecular complexity index is 1430. The van der Waals surface area contributed by atoms with Crippen LogP contribution in [0.2, 0.25) is 0 Å². The van der Waals surface area contributed by atoms with Gasteiger partial charge in [-0.15, -0.1) is 0 Å². The number of furan rings is 1. The summed E-state index contributed by atoms with van der Waals surface area (Å²) in [7, 11) is 0. The molecule has 0 radical (unpaired) electrons. The average Bonchev–Trinajstić information content (AvgIpc) is 3.35. The number of rotatable bonds is 6. The number of hydrogen-bond donors (Lipinski definition) is 0. The molecular formula is C29H24N2O5. The maximum atomic E-state index is 13.3. The summed E-state index contributed by atoms with van der Waals surface area (Å²) in [4.78, 5) is 39.2. The Morgan fingerprint density at radius 1 is 1.00 bits per heavy atom. The van der Waals surface area contributed by atoms with Crippen LogP contribution in [0.4, 0.5) is 0 Å². The average molecular weight is 481 g/mol. The van der Waals surface area contributed by atoms with Crippen LogP contribution in [-0.4, -0.2) is 29.3 Å². The first-order chi connectivity index (χ1) is 17.3. The second-order valence-corrected chi connectivity index (χ2v) is 8.35. The number of hydrogen-bond acceptors (Lipinski definition) is 6. The summed E-state index contributed by atoms with van der Waals surface area (Å²) in [6.45, 7) is 5.64. The minimum atomic E-state index is -0.612. The predicted molar refractivity (Wildman–Crippen MR) is 133 cm³/mol. The van der Waals surface area contributed by atoms with E-state index in [4.69, 9.17) is 9.15 Å². The highest BCUT2D eigenvalue weighted by Crippen LogP contribution is 2.30. The van der Waals surface area contributed by atoms with E-state index >= 15 is 0 Å². The second-order valence-electron chi connectivity index (χ2n) is 8.35. The summed E-state index contributed by atoms with van der Waals surface area (Å²) in [5.74, 6) is -0.572. The molecule has 1 aliphatic rings. The van der Waals surface area contributed by atoms with Crippen molar-refractivity contribution in [2.75, 3.05) is 6.61 Å². The Balaban J connectivity index is 1.63. The standard InChI is InChI=1S/C29H24N2O5/c1-4-35-29(34)22-11-9-21(10-12-22)26-14-13-23(36-26)15-24-19(3)25(16-30)28(33)31(27(24)32)17-20-7-5-18(2)6-8-20/h5-15H,4,17H2,1-3H3/b24-15+. The Morgan fingerprint density at radius 3 is 2.33 bits per heavy atom. The number of esters is 1. The van der Waals surface area contributed by atoms with Gasteiger partial charge in [-0.1, -0.05) is 42.0 Å². The van der Waals surface area contributed by atoms with Crippen molar-refractivity contribution in [1.29, 1.82) is 5.26 Å². The molecule has 36 heavy (non-hydrogen) atoms. The third kappa shape index (κ3) is 4.89. The molecule has 0 saturated heterocycles. The van der Waals surface area contributed by atoms with Crippen molar-refractivity contribution in [2.24, 2.45) is 0 Å². The summed E-state index contributed by atoms with van der Waals surface area (Å²) in [5.41, 5.74) is 3.48. The molecule has 7 nitrogen and oxygen atoms in total. The number of ether oxygens (including phenoxy) is 1. The lowest BCUT2D eigenvalue weighted by Crippen LogP contribution is -2.42. The normalized spacial score (nSPS) is 14.8. The Labute approximate surface area is 208 Å². The van der Waals surface area contributed by atoms with Crippen molar-refractivity contribution in [3.63, 3.8) is 0 Å². The van der Waals surface area contributed by atoms with Crippen molar-refractivity contribution in [3.05, 3.63) is 99.8 Å². The van der Waals surface area contributed by atoms with E-state index in [2.05, 4.69) is 0 Å². The number of aryl methyl sites for hydroxylation is 1. The lowest BCUT2D eigenvalue weighted by molar-refractivity contribution is -0.141. The van der Waals surface area contributed by atoms with Gasteiger partial charge in [-0.3, -0.25) is 14.5 Å². The fraction of sp³-hybridized carbons (Fsp3) is 0.172. The first kappa shape index (κ1) is 24.4. The molecule has 3 aromatic rings. The third-order valence-electron chi connectivity index (χ3n) is 5.88. The maximum Gasteiger partial charge on any atom is 0.338 e. The fourth-order valence-corrected chi connectivity index (χ4v) is 3.86. The van der Waals surface area contributed by atoms with Crippen LogP contribution < -0.4 is 0 Å². The SMILES string of the molecule is CCOC(=O)c1ccc(-c2ccc(/C=C3/C(=O)N(Cc4ccc(C)cc4)C(=O)C(C#N)=C3C)o2)cc1. The van der Waals surface area contributed by atoms with Gasteiger partial charge in [0, 0.05) is 11.1 Å². The number of imide groups is 1. The second kappa shape index (κ2) is 10.3. The molecule has 0 spiro atoms.